The van der Waals surface area contributed by atoms with Gasteiger partial charge in [0.15, 0.2) is 12.4 Å². The first kappa shape index (κ1) is 17.9. The number of ether oxygens (including phenoxy) is 1. The lowest BCUT2D eigenvalue weighted by Gasteiger charge is -2.08. The van der Waals surface area contributed by atoms with Gasteiger partial charge in [0.1, 0.15) is 5.75 Å². The monoisotopic (exact) mass is 343 g/mol. The highest BCUT2D eigenvalue weighted by atomic mass is 16.6. The summed E-state index contributed by atoms with van der Waals surface area (Å²) < 4.78 is 5.44. The van der Waals surface area contributed by atoms with Crippen LogP contribution in [-0.4, -0.2) is 28.8 Å². The van der Waals surface area contributed by atoms with Crippen molar-refractivity contribution in [3.8, 4) is 11.5 Å². The number of carbonyl (C=O) groups is 1. The standard InChI is InChI=1S/C17H17N3O5/c1-11-3-4-12(2)16(7-11)25-10-17(22)19-18-9-13-5-6-15(21)14(8-13)20(23)24/h3-9,21H,10H2,1-2H3,(H,19,22)/b18-9+. The van der Waals surface area contributed by atoms with Crippen molar-refractivity contribution in [2.75, 3.05) is 6.61 Å². The van der Waals surface area contributed by atoms with Crippen molar-refractivity contribution in [3.63, 3.8) is 0 Å². The van der Waals surface area contributed by atoms with Gasteiger partial charge in [-0.2, -0.15) is 5.10 Å². The molecule has 2 rings (SSSR count). The molecule has 0 unspecified atom stereocenters. The number of nitrogens with zero attached hydrogens (tertiary/aromatic N) is 2. The number of amides is 1. The number of nitro benzene ring substituents is 1. The highest BCUT2D eigenvalue weighted by Gasteiger charge is 2.12. The third-order valence-electron chi connectivity index (χ3n) is 3.30. The number of carbonyl (C=O) groups excluding carboxylic acids is 1. The molecular weight excluding hydrogens is 326 g/mol. The number of hydrogen-bond acceptors (Lipinski definition) is 6. The predicted octanol–water partition coefficient (Wildman–Crippen LogP) is 2.45. The first-order valence-corrected chi connectivity index (χ1v) is 7.36. The fourth-order valence-electron chi connectivity index (χ4n) is 1.98. The molecule has 0 aliphatic rings. The van der Waals surface area contributed by atoms with E-state index in [2.05, 4.69) is 10.5 Å². The molecule has 130 valence electrons. The van der Waals surface area contributed by atoms with Crippen LogP contribution in [0.5, 0.6) is 11.5 Å². The summed E-state index contributed by atoms with van der Waals surface area (Å²) in [7, 11) is 0. The summed E-state index contributed by atoms with van der Waals surface area (Å²) in [6, 6.07) is 9.45. The molecule has 0 atom stereocenters. The van der Waals surface area contributed by atoms with Crippen molar-refractivity contribution in [1.82, 2.24) is 5.43 Å². The Balaban J connectivity index is 1.91. The van der Waals surface area contributed by atoms with E-state index in [0.717, 1.165) is 17.2 Å². The molecule has 0 saturated heterocycles. The lowest BCUT2D eigenvalue weighted by molar-refractivity contribution is -0.385. The van der Waals surface area contributed by atoms with Crippen molar-refractivity contribution in [2.45, 2.75) is 13.8 Å². The summed E-state index contributed by atoms with van der Waals surface area (Å²) in [4.78, 5) is 21.8. The molecule has 0 aliphatic carbocycles. The van der Waals surface area contributed by atoms with Gasteiger partial charge >= 0.3 is 5.69 Å². The third kappa shape index (κ3) is 5.03. The quantitative estimate of drug-likeness (QED) is 0.475. The summed E-state index contributed by atoms with van der Waals surface area (Å²) in [6.07, 6.45) is 1.24. The molecule has 0 fully saturated rings. The molecule has 8 nitrogen and oxygen atoms in total. The molecule has 2 N–H and O–H groups in total. The number of aromatic hydroxyl groups is 1. The van der Waals surface area contributed by atoms with Gasteiger partial charge in [-0.05, 0) is 43.2 Å². The van der Waals surface area contributed by atoms with Crippen LogP contribution in [0.15, 0.2) is 41.5 Å². The topological polar surface area (TPSA) is 114 Å². The molecule has 25 heavy (non-hydrogen) atoms. The molecule has 0 saturated carbocycles. The van der Waals surface area contributed by atoms with Gasteiger partial charge in [0.05, 0.1) is 11.1 Å². The summed E-state index contributed by atoms with van der Waals surface area (Å²) in [5.74, 6) is -0.285. The van der Waals surface area contributed by atoms with Gasteiger partial charge < -0.3 is 9.84 Å². The lowest BCUT2D eigenvalue weighted by atomic mass is 10.1. The van der Waals surface area contributed by atoms with E-state index in [4.69, 9.17) is 4.74 Å². The number of nitrogens with one attached hydrogen (secondary N) is 1. The first-order valence-electron chi connectivity index (χ1n) is 7.36. The van der Waals surface area contributed by atoms with Gasteiger partial charge in [0, 0.05) is 11.6 Å². The van der Waals surface area contributed by atoms with E-state index < -0.39 is 22.3 Å². The number of hydrazone groups is 1. The minimum atomic E-state index is -0.705. The highest BCUT2D eigenvalue weighted by Crippen LogP contribution is 2.25. The SMILES string of the molecule is Cc1ccc(C)c(OCC(=O)N/N=C/c2ccc(O)c([N+](=O)[O-])c2)c1. The third-order valence-corrected chi connectivity index (χ3v) is 3.30. The van der Waals surface area contributed by atoms with Crippen LogP contribution >= 0.6 is 0 Å². The maximum Gasteiger partial charge on any atom is 0.311 e. The fourth-order valence-corrected chi connectivity index (χ4v) is 1.98. The van der Waals surface area contributed by atoms with E-state index in [1.807, 2.05) is 32.0 Å². The van der Waals surface area contributed by atoms with Crippen LogP contribution in [0.4, 0.5) is 5.69 Å². The molecule has 8 heteroatoms. The summed E-state index contributed by atoms with van der Waals surface area (Å²) in [5.41, 5.74) is 4.13. The van der Waals surface area contributed by atoms with Crippen LogP contribution in [0, 0.1) is 24.0 Å². The van der Waals surface area contributed by atoms with Crippen LogP contribution in [0.2, 0.25) is 0 Å². The second kappa shape index (κ2) is 7.91. The molecule has 0 aromatic heterocycles. The van der Waals surface area contributed by atoms with E-state index in [9.17, 15) is 20.0 Å². The van der Waals surface area contributed by atoms with E-state index in [-0.39, 0.29) is 6.61 Å². The molecule has 0 heterocycles. The van der Waals surface area contributed by atoms with E-state index in [0.29, 0.717) is 11.3 Å². The van der Waals surface area contributed by atoms with E-state index >= 15 is 0 Å². The Hall–Kier alpha value is -3.42. The summed E-state index contributed by atoms with van der Waals surface area (Å²) in [6.45, 7) is 3.59. The normalized spacial score (nSPS) is 10.6. The van der Waals surface area contributed by atoms with Crippen molar-refractivity contribution in [2.24, 2.45) is 5.10 Å². The lowest BCUT2D eigenvalue weighted by Crippen LogP contribution is -2.24. The zero-order valence-electron chi connectivity index (χ0n) is 13.7. The number of rotatable bonds is 6. The van der Waals surface area contributed by atoms with Gasteiger partial charge in [-0.3, -0.25) is 14.9 Å². The molecule has 0 spiro atoms. The molecule has 0 aliphatic heterocycles. The average Bonchev–Trinajstić information content (AvgIpc) is 2.57. The smallest absolute Gasteiger partial charge is 0.311 e. The number of benzene rings is 2. The molecule has 2 aromatic carbocycles. The Morgan fingerprint density at radius 1 is 1.32 bits per heavy atom. The molecule has 0 radical (unpaired) electrons. The average molecular weight is 343 g/mol. The Labute approximate surface area is 143 Å². The number of nitro groups is 1. The van der Waals surface area contributed by atoms with Crippen LogP contribution in [-0.2, 0) is 4.79 Å². The highest BCUT2D eigenvalue weighted by molar-refractivity contribution is 5.84. The van der Waals surface area contributed by atoms with E-state index in [1.54, 1.807) is 0 Å². The molecule has 0 bridgehead atoms. The molecule has 2 aromatic rings. The number of phenols is 1. The van der Waals surface area contributed by atoms with Gasteiger partial charge in [-0.15, -0.1) is 0 Å². The van der Waals surface area contributed by atoms with Crippen molar-refractivity contribution in [3.05, 3.63) is 63.2 Å². The second-order valence-corrected chi connectivity index (χ2v) is 5.36. The van der Waals surface area contributed by atoms with Crippen molar-refractivity contribution < 1.29 is 19.6 Å². The summed E-state index contributed by atoms with van der Waals surface area (Å²) >= 11 is 0. The van der Waals surface area contributed by atoms with Crippen LogP contribution < -0.4 is 10.2 Å². The molecule has 1 amide bonds. The maximum absolute atomic E-state index is 11.7. The largest absolute Gasteiger partial charge is 0.502 e. The van der Waals surface area contributed by atoms with Gasteiger partial charge in [-0.25, -0.2) is 5.43 Å². The minimum Gasteiger partial charge on any atom is -0.502 e. The number of aryl methyl sites for hydroxylation is 2. The Morgan fingerprint density at radius 3 is 2.80 bits per heavy atom. The van der Waals surface area contributed by atoms with Gasteiger partial charge in [0.25, 0.3) is 5.91 Å². The zero-order valence-corrected chi connectivity index (χ0v) is 13.7. The van der Waals surface area contributed by atoms with Crippen LogP contribution in [0.25, 0.3) is 0 Å². The first-order chi connectivity index (χ1) is 11.9. The maximum atomic E-state index is 11.7. The number of hydrogen-bond donors (Lipinski definition) is 2. The van der Waals surface area contributed by atoms with Crippen molar-refractivity contribution in [1.29, 1.82) is 0 Å². The van der Waals surface area contributed by atoms with Crippen LogP contribution in [0.3, 0.4) is 0 Å². The Morgan fingerprint density at radius 2 is 2.08 bits per heavy atom. The van der Waals surface area contributed by atoms with Crippen molar-refractivity contribution >= 4 is 17.8 Å². The minimum absolute atomic E-state index is 0.211. The van der Waals surface area contributed by atoms with Crippen LogP contribution in [0.1, 0.15) is 16.7 Å². The predicted molar refractivity (Wildman–Crippen MR) is 91.9 cm³/mol. The van der Waals surface area contributed by atoms with Gasteiger partial charge in [0.2, 0.25) is 0 Å². The molecular formula is C17H17N3O5. The number of phenolic OH excluding ortho intramolecular Hbond substituents is 1. The zero-order chi connectivity index (χ0) is 18.4. The Kier molecular flexibility index (Phi) is 5.67. The second-order valence-electron chi connectivity index (χ2n) is 5.36. The van der Waals surface area contributed by atoms with Gasteiger partial charge in [-0.1, -0.05) is 12.1 Å². The van der Waals surface area contributed by atoms with E-state index in [1.165, 1.54) is 18.3 Å². The fraction of sp³-hybridized carbons (Fsp3) is 0.176. The summed E-state index contributed by atoms with van der Waals surface area (Å²) in [5, 5.41) is 23.8. The Bertz CT molecular complexity index is 833.